The number of hydrogen-bond acceptors (Lipinski definition) is 9. The maximum absolute atomic E-state index is 9.67. The number of hydrogen-bond donors (Lipinski definition) is 2. The lowest BCUT2D eigenvalue weighted by atomic mass is 9.83. The van der Waals surface area contributed by atoms with Gasteiger partial charge in [-0.05, 0) is 51.5 Å². The molecule has 36 heavy (non-hydrogen) atoms. The zero-order chi connectivity index (χ0) is 27.9. The number of aromatic nitrogens is 3. The fraction of sp³-hybridized carbons (Fsp3) is 0.615. The number of nitriles is 1. The van der Waals surface area contributed by atoms with Gasteiger partial charge in [0.1, 0.15) is 12.4 Å². The van der Waals surface area contributed by atoms with Gasteiger partial charge in [-0.3, -0.25) is 4.98 Å². The predicted octanol–water partition coefficient (Wildman–Crippen LogP) is 4.24. The molecule has 2 aromatic rings. The van der Waals surface area contributed by atoms with Crippen LogP contribution >= 0.6 is 11.6 Å². The summed E-state index contributed by atoms with van der Waals surface area (Å²) in [6, 6.07) is 4.78. The molecule has 0 amide bonds. The summed E-state index contributed by atoms with van der Waals surface area (Å²) in [4.78, 5) is 13.3. The molecule has 1 saturated heterocycles. The molecule has 1 aliphatic heterocycles. The average molecular weight is 518 g/mol. The minimum Gasteiger partial charge on any atom is -0.475 e. The van der Waals surface area contributed by atoms with Crippen molar-refractivity contribution in [3.8, 4) is 23.2 Å². The van der Waals surface area contributed by atoms with Crippen LogP contribution in [0.2, 0.25) is 5.02 Å². The van der Waals surface area contributed by atoms with Crippen molar-refractivity contribution >= 4 is 17.4 Å². The topological polar surface area (TPSA) is 114 Å². The van der Waals surface area contributed by atoms with Crippen molar-refractivity contribution in [1.29, 1.82) is 5.26 Å². The number of pyridine rings is 1. The Labute approximate surface area is 222 Å². The lowest BCUT2D eigenvalue weighted by Gasteiger charge is -2.32. The summed E-state index contributed by atoms with van der Waals surface area (Å²) in [7, 11) is -2.37. The van der Waals surface area contributed by atoms with Gasteiger partial charge in [0.25, 0.3) is 0 Å². The van der Waals surface area contributed by atoms with Gasteiger partial charge in [0, 0.05) is 50.1 Å². The van der Waals surface area contributed by atoms with Gasteiger partial charge < -0.3 is 24.8 Å². The monoisotopic (exact) mass is 517 g/mol. The highest BCUT2D eigenvalue weighted by atomic mass is 35.5. The van der Waals surface area contributed by atoms with Crippen molar-refractivity contribution in [1.82, 2.24) is 20.3 Å². The number of anilines is 1. The lowest BCUT2D eigenvalue weighted by molar-refractivity contribution is 0.0182. The molecule has 2 aliphatic rings. The van der Waals surface area contributed by atoms with E-state index in [1.807, 2.05) is 13.0 Å². The SMILES string of the molecule is [2H]C([2H])([2H])OC[C@@H](C)NC1CCC(Nc2cc(-c3cncc(OCC4(C#N)CCOCC4)n3)c(Cl)cn2)CC1. The lowest BCUT2D eigenvalue weighted by Crippen LogP contribution is -2.42. The molecule has 3 heterocycles. The van der Waals surface area contributed by atoms with E-state index in [1.54, 1.807) is 12.4 Å². The fourth-order valence-electron chi connectivity index (χ4n) is 4.71. The van der Waals surface area contributed by atoms with E-state index in [2.05, 4.69) is 31.7 Å². The van der Waals surface area contributed by atoms with Crippen molar-refractivity contribution in [2.75, 3.05) is 38.8 Å². The summed E-state index contributed by atoms with van der Waals surface area (Å²) in [6.07, 6.45) is 9.80. The van der Waals surface area contributed by atoms with Crippen LogP contribution in [-0.2, 0) is 9.47 Å². The highest BCUT2D eigenvalue weighted by molar-refractivity contribution is 6.33. The van der Waals surface area contributed by atoms with Gasteiger partial charge in [-0.2, -0.15) is 5.26 Å². The molecule has 10 heteroatoms. The average Bonchev–Trinajstić information content (AvgIpc) is 2.93. The molecule has 1 saturated carbocycles. The third-order valence-corrected chi connectivity index (χ3v) is 7.16. The van der Waals surface area contributed by atoms with Crippen molar-refractivity contribution in [2.45, 2.75) is 63.6 Å². The van der Waals surface area contributed by atoms with Crippen LogP contribution < -0.4 is 15.4 Å². The quantitative estimate of drug-likeness (QED) is 0.477. The molecule has 4 rings (SSSR count). The molecule has 2 fully saturated rings. The molecule has 0 unspecified atom stereocenters. The van der Waals surface area contributed by atoms with Gasteiger partial charge in [0.2, 0.25) is 5.88 Å². The van der Waals surface area contributed by atoms with Gasteiger partial charge in [0.05, 0.1) is 45.3 Å². The molecule has 0 spiro atoms. The second-order valence-corrected chi connectivity index (χ2v) is 10.1. The van der Waals surface area contributed by atoms with Crippen LogP contribution in [0.5, 0.6) is 5.88 Å². The van der Waals surface area contributed by atoms with Gasteiger partial charge >= 0.3 is 0 Å². The Morgan fingerprint density at radius 1 is 1.25 bits per heavy atom. The Balaban J connectivity index is 1.32. The van der Waals surface area contributed by atoms with Gasteiger partial charge in [-0.1, -0.05) is 11.6 Å². The maximum Gasteiger partial charge on any atom is 0.232 e. The van der Waals surface area contributed by atoms with Crippen molar-refractivity contribution in [2.24, 2.45) is 5.41 Å². The first kappa shape index (κ1) is 22.7. The third kappa shape index (κ3) is 7.04. The first-order chi connectivity index (χ1) is 18.6. The van der Waals surface area contributed by atoms with E-state index in [4.69, 9.17) is 29.9 Å². The molecule has 0 aromatic carbocycles. The second-order valence-electron chi connectivity index (χ2n) is 9.66. The minimum absolute atomic E-state index is 0.0385. The number of methoxy groups -OCH3 is 1. The van der Waals surface area contributed by atoms with Crippen LogP contribution in [-0.4, -0.2) is 66.5 Å². The van der Waals surface area contributed by atoms with Crippen LogP contribution in [0.1, 0.15) is 49.6 Å². The molecule has 194 valence electrons. The summed E-state index contributed by atoms with van der Waals surface area (Å²) in [5.41, 5.74) is 0.660. The third-order valence-electron chi connectivity index (χ3n) is 6.86. The van der Waals surface area contributed by atoms with E-state index in [1.165, 1.54) is 6.20 Å². The number of nitrogens with one attached hydrogen (secondary N) is 2. The molecule has 9 nitrogen and oxygen atoms in total. The van der Waals surface area contributed by atoms with Crippen molar-refractivity contribution < 1.29 is 18.3 Å². The number of halogens is 1. The Bertz CT molecular complexity index is 1130. The first-order valence-corrected chi connectivity index (χ1v) is 12.8. The summed E-state index contributed by atoms with van der Waals surface area (Å²) in [6.45, 7) is 3.40. The summed E-state index contributed by atoms with van der Waals surface area (Å²) >= 11 is 6.48. The number of ether oxygens (including phenoxy) is 3. The Kier molecular flexibility index (Phi) is 7.96. The highest BCUT2D eigenvalue weighted by Crippen LogP contribution is 2.32. The molecule has 2 N–H and O–H groups in total. The second kappa shape index (κ2) is 12.6. The van der Waals surface area contributed by atoms with E-state index in [0.29, 0.717) is 60.1 Å². The summed E-state index contributed by atoms with van der Waals surface area (Å²) in [5, 5.41) is 17.1. The molecular formula is C26H35ClN6O3. The Morgan fingerprint density at radius 3 is 2.78 bits per heavy atom. The van der Waals surface area contributed by atoms with Gasteiger partial charge in [0.15, 0.2) is 0 Å². The van der Waals surface area contributed by atoms with Gasteiger partial charge in [-0.15, -0.1) is 0 Å². The van der Waals surface area contributed by atoms with Gasteiger partial charge in [-0.25, -0.2) is 9.97 Å². The zero-order valence-electron chi connectivity index (χ0n) is 23.5. The first-order valence-electron chi connectivity index (χ1n) is 13.9. The molecular weight excluding hydrogens is 480 g/mol. The van der Waals surface area contributed by atoms with E-state index in [-0.39, 0.29) is 25.3 Å². The smallest absolute Gasteiger partial charge is 0.232 e. The maximum atomic E-state index is 9.67. The van der Waals surface area contributed by atoms with E-state index in [9.17, 15) is 5.26 Å². The Hall–Kier alpha value is -2.51. The molecule has 2 aromatic heterocycles. The summed E-state index contributed by atoms with van der Waals surface area (Å²) in [5.74, 6) is 1.03. The Morgan fingerprint density at radius 2 is 2.03 bits per heavy atom. The standard InChI is InChI=1S/C26H35ClN6O3/c1-18(15-34-2)31-19-3-5-20(6-4-19)32-24-11-21(22(27)12-30-24)23-13-29-14-25(33-23)36-17-26(16-28)7-9-35-10-8-26/h11-14,18-20,31H,3-10,15,17H2,1-2H3,(H,30,32)/t18-,19?,20?/m1/s1/i2D3. The molecule has 1 atom stereocenters. The summed E-state index contributed by atoms with van der Waals surface area (Å²) < 4.78 is 37.7. The number of rotatable bonds is 10. The van der Waals surface area contributed by atoms with Crippen LogP contribution in [0.3, 0.4) is 0 Å². The van der Waals surface area contributed by atoms with E-state index in [0.717, 1.165) is 25.7 Å². The van der Waals surface area contributed by atoms with E-state index >= 15 is 0 Å². The molecule has 0 bridgehead atoms. The highest BCUT2D eigenvalue weighted by Gasteiger charge is 2.34. The van der Waals surface area contributed by atoms with E-state index < -0.39 is 12.5 Å². The van der Waals surface area contributed by atoms with Crippen LogP contribution in [0, 0.1) is 16.7 Å². The van der Waals surface area contributed by atoms with Crippen LogP contribution in [0.25, 0.3) is 11.3 Å². The predicted molar refractivity (Wildman–Crippen MR) is 138 cm³/mol. The largest absolute Gasteiger partial charge is 0.475 e. The normalized spacial score (nSPS) is 24.0. The fourth-order valence-corrected chi connectivity index (χ4v) is 4.91. The van der Waals surface area contributed by atoms with Crippen molar-refractivity contribution in [3.63, 3.8) is 0 Å². The van der Waals surface area contributed by atoms with Crippen LogP contribution in [0.15, 0.2) is 24.7 Å². The van der Waals surface area contributed by atoms with Crippen LogP contribution in [0.4, 0.5) is 5.82 Å². The molecule has 1 aliphatic carbocycles. The number of nitrogens with zero attached hydrogens (tertiary/aromatic N) is 4. The minimum atomic E-state index is -2.37. The molecule has 0 radical (unpaired) electrons. The zero-order valence-corrected chi connectivity index (χ0v) is 21.3. The van der Waals surface area contributed by atoms with Crippen molar-refractivity contribution in [3.05, 3.63) is 29.7 Å².